The third-order valence-corrected chi connectivity index (χ3v) is 5.02. The Kier molecular flexibility index (Phi) is 5.90. The molecule has 2 amide bonds. The Balaban J connectivity index is 1.46. The quantitative estimate of drug-likeness (QED) is 0.780. The lowest BCUT2D eigenvalue weighted by molar-refractivity contribution is -0.122. The first-order valence-electron chi connectivity index (χ1n) is 8.37. The lowest BCUT2D eigenvalue weighted by Crippen LogP contribution is -2.51. The van der Waals surface area contributed by atoms with E-state index in [1.54, 1.807) is 29.2 Å². The average Bonchev–Trinajstić information content (AvgIpc) is 3.39. The van der Waals surface area contributed by atoms with E-state index >= 15 is 0 Å². The van der Waals surface area contributed by atoms with Crippen LogP contribution in [-0.4, -0.2) is 66.1 Å². The summed E-state index contributed by atoms with van der Waals surface area (Å²) in [5.74, 6) is -2.52. The number of carbonyl (C=O) groups excluding carboxylic acids is 2. The molecule has 0 spiro atoms. The molecule has 1 N–H and O–H groups in total. The smallest absolute Gasteiger partial charge is 0.288 e. The van der Waals surface area contributed by atoms with Gasteiger partial charge in [-0.1, -0.05) is 11.8 Å². The topological polar surface area (TPSA) is 52.7 Å². The predicted molar refractivity (Wildman–Crippen MR) is 91.8 cm³/mol. The van der Waals surface area contributed by atoms with E-state index < -0.39 is 5.76 Å². The van der Waals surface area contributed by atoms with Gasteiger partial charge in [-0.2, -0.15) is 8.78 Å². The van der Waals surface area contributed by atoms with Gasteiger partial charge in [0.25, 0.3) is 11.7 Å². The second kappa shape index (κ2) is 8.14. The van der Waals surface area contributed by atoms with Crippen LogP contribution in [0.3, 0.4) is 0 Å². The van der Waals surface area contributed by atoms with Crippen LogP contribution < -0.4 is 5.32 Å². The summed E-state index contributed by atoms with van der Waals surface area (Å²) in [7, 11) is 0. The lowest BCUT2D eigenvalue weighted by atomic mass is 10.2. The standard InChI is InChI=1S/C17H21F2N3O2S/c18-17(19)25-14-5-1-12(2-6-14)16(24)22-9-7-21(8-10-22)11-15(23)20-13-3-4-13/h1-2,5-6,13,17H,3-4,7-11H2,(H,20,23). The van der Waals surface area contributed by atoms with E-state index in [2.05, 4.69) is 5.32 Å². The summed E-state index contributed by atoms with van der Waals surface area (Å²) in [4.78, 5) is 28.5. The van der Waals surface area contributed by atoms with E-state index in [0.717, 1.165) is 12.8 Å². The summed E-state index contributed by atoms with van der Waals surface area (Å²) in [5, 5.41) is 2.96. The maximum Gasteiger partial charge on any atom is 0.288 e. The van der Waals surface area contributed by atoms with Gasteiger partial charge in [-0.25, -0.2) is 0 Å². The second-order valence-electron chi connectivity index (χ2n) is 6.31. The number of nitrogens with one attached hydrogen (secondary N) is 1. The molecule has 1 heterocycles. The Morgan fingerprint density at radius 2 is 1.76 bits per heavy atom. The molecule has 1 saturated heterocycles. The highest BCUT2D eigenvalue weighted by atomic mass is 32.2. The van der Waals surface area contributed by atoms with Crippen molar-refractivity contribution in [2.45, 2.75) is 29.5 Å². The normalized spacial score (nSPS) is 18.4. The van der Waals surface area contributed by atoms with Gasteiger partial charge >= 0.3 is 0 Å². The molecule has 1 aliphatic carbocycles. The number of thioether (sulfide) groups is 1. The van der Waals surface area contributed by atoms with Crippen molar-refractivity contribution in [3.8, 4) is 0 Å². The zero-order valence-corrected chi connectivity index (χ0v) is 14.6. The minimum Gasteiger partial charge on any atom is -0.352 e. The number of amides is 2. The maximum atomic E-state index is 12.5. The largest absolute Gasteiger partial charge is 0.352 e. The van der Waals surface area contributed by atoms with Gasteiger partial charge in [-0.05, 0) is 37.1 Å². The lowest BCUT2D eigenvalue weighted by Gasteiger charge is -2.34. The van der Waals surface area contributed by atoms with Gasteiger partial charge in [-0.3, -0.25) is 14.5 Å². The molecule has 5 nitrogen and oxygen atoms in total. The van der Waals surface area contributed by atoms with Gasteiger partial charge in [0.05, 0.1) is 6.54 Å². The van der Waals surface area contributed by atoms with Gasteiger partial charge in [0, 0.05) is 42.7 Å². The number of hydrogen-bond donors (Lipinski definition) is 1. The van der Waals surface area contributed by atoms with Crippen molar-refractivity contribution >= 4 is 23.6 Å². The minimum absolute atomic E-state index is 0.0504. The Labute approximate surface area is 149 Å². The highest BCUT2D eigenvalue weighted by Gasteiger charge is 2.26. The van der Waals surface area contributed by atoms with Crippen LogP contribution in [0.25, 0.3) is 0 Å². The molecule has 2 fully saturated rings. The fraction of sp³-hybridized carbons (Fsp3) is 0.529. The SMILES string of the molecule is O=C(CN1CCN(C(=O)c2ccc(SC(F)F)cc2)CC1)NC1CC1. The monoisotopic (exact) mass is 369 g/mol. The van der Waals surface area contributed by atoms with Crippen molar-refractivity contribution in [3.63, 3.8) is 0 Å². The summed E-state index contributed by atoms with van der Waals surface area (Å²) >= 11 is 0.466. The van der Waals surface area contributed by atoms with Crippen LogP contribution in [0.2, 0.25) is 0 Å². The number of nitrogens with zero attached hydrogens (tertiary/aromatic N) is 2. The summed E-state index contributed by atoms with van der Waals surface area (Å²) in [6.45, 7) is 2.80. The predicted octanol–water partition coefficient (Wildman–Crippen LogP) is 2.04. The molecule has 136 valence electrons. The molecule has 0 bridgehead atoms. The van der Waals surface area contributed by atoms with E-state index in [4.69, 9.17) is 0 Å². The molecular weight excluding hydrogens is 348 g/mol. The number of carbonyl (C=O) groups is 2. The van der Waals surface area contributed by atoms with Crippen LogP contribution in [0.4, 0.5) is 8.78 Å². The zero-order chi connectivity index (χ0) is 17.8. The van der Waals surface area contributed by atoms with Crippen molar-refractivity contribution < 1.29 is 18.4 Å². The van der Waals surface area contributed by atoms with Gasteiger partial charge in [-0.15, -0.1) is 0 Å². The second-order valence-corrected chi connectivity index (χ2v) is 7.38. The summed E-state index contributed by atoms with van der Waals surface area (Å²) < 4.78 is 24.7. The number of benzene rings is 1. The maximum absolute atomic E-state index is 12.5. The Morgan fingerprint density at radius 1 is 1.12 bits per heavy atom. The van der Waals surface area contributed by atoms with Crippen molar-refractivity contribution in [1.29, 1.82) is 0 Å². The van der Waals surface area contributed by atoms with Crippen LogP contribution in [0.1, 0.15) is 23.2 Å². The molecular formula is C17H21F2N3O2S. The van der Waals surface area contributed by atoms with Crippen LogP contribution in [0, 0.1) is 0 Å². The summed E-state index contributed by atoms with van der Waals surface area (Å²) in [6.07, 6.45) is 2.14. The number of alkyl halides is 2. The molecule has 1 aromatic carbocycles. The number of halogens is 2. The Morgan fingerprint density at radius 3 is 2.32 bits per heavy atom. The third-order valence-electron chi connectivity index (χ3n) is 4.30. The molecule has 2 aliphatic rings. The van der Waals surface area contributed by atoms with E-state index in [9.17, 15) is 18.4 Å². The number of hydrogen-bond acceptors (Lipinski definition) is 4. The average molecular weight is 369 g/mol. The molecule has 1 saturated carbocycles. The first-order valence-corrected chi connectivity index (χ1v) is 9.25. The van der Waals surface area contributed by atoms with Gasteiger partial charge in [0.2, 0.25) is 5.91 Å². The zero-order valence-electron chi connectivity index (χ0n) is 13.8. The molecule has 1 aliphatic heterocycles. The minimum atomic E-state index is -2.47. The first-order chi connectivity index (χ1) is 12.0. The van der Waals surface area contributed by atoms with Crippen LogP contribution >= 0.6 is 11.8 Å². The van der Waals surface area contributed by atoms with Crippen molar-refractivity contribution in [2.75, 3.05) is 32.7 Å². The summed E-state index contributed by atoms with van der Waals surface area (Å²) in [5.41, 5.74) is 0.499. The van der Waals surface area contributed by atoms with Crippen LogP contribution in [-0.2, 0) is 4.79 Å². The Hall–Kier alpha value is -1.67. The molecule has 0 radical (unpaired) electrons. The summed E-state index contributed by atoms with van der Waals surface area (Å²) in [6, 6.07) is 6.62. The number of rotatable bonds is 6. The Bertz CT molecular complexity index is 615. The van der Waals surface area contributed by atoms with Crippen LogP contribution in [0.15, 0.2) is 29.2 Å². The van der Waals surface area contributed by atoms with E-state index in [1.807, 2.05) is 4.90 Å². The molecule has 8 heteroatoms. The van der Waals surface area contributed by atoms with Crippen molar-refractivity contribution in [2.24, 2.45) is 0 Å². The first kappa shape index (κ1) is 18.1. The van der Waals surface area contributed by atoms with Gasteiger partial charge < -0.3 is 10.2 Å². The number of piperazine rings is 1. The fourth-order valence-corrected chi connectivity index (χ4v) is 3.27. The van der Waals surface area contributed by atoms with E-state index in [0.29, 0.717) is 61.0 Å². The molecule has 3 rings (SSSR count). The molecule has 0 atom stereocenters. The van der Waals surface area contributed by atoms with Gasteiger partial charge in [0.15, 0.2) is 0 Å². The van der Waals surface area contributed by atoms with Crippen molar-refractivity contribution in [1.82, 2.24) is 15.1 Å². The molecule has 0 unspecified atom stereocenters. The van der Waals surface area contributed by atoms with E-state index in [1.165, 1.54) is 0 Å². The highest BCUT2D eigenvalue weighted by Crippen LogP contribution is 2.25. The van der Waals surface area contributed by atoms with E-state index in [-0.39, 0.29) is 11.8 Å². The molecule has 1 aromatic rings. The fourth-order valence-electron chi connectivity index (χ4n) is 2.77. The molecule has 25 heavy (non-hydrogen) atoms. The molecule has 0 aromatic heterocycles. The van der Waals surface area contributed by atoms with Crippen molar-refractivity contribution in [3.05, 3.63) is 29.8 Å². The van der Waals surface area contributed by atoms with Crippen LogP contribution in [0.5, 0.6) is 0 Å². The highest BCUT2D eigenvalue weighted by molar-refractivity contribution is 7.99. The third kappa shape index (κ3) is 5.40. The van der Waals surface area contributed by atoms with Gasteiger partial charge in [0.1, 0.15) is 0 Å².